The van der Waals surface area contributed by atoms with Crippen molar-refractivity contribution in [2.24, 2.45) is 0 Å². The molecule has 1 heterocycles. The van der Waals surface area contributed by atoms with Gasteiger partial charge in [0.05, 0.1) is 11.9 Å². The number of nitrogens with one attached hydrogen (secondary N) is 1. The normalized spacial score (nSPS) is 15.4. The second-order valence-corrected chi connectivity index (χ2v) is 4.34. The van der Waals surface area contributed by atoms with E-state index in [0.29, 0.717) is 13.1 Å². The highest BCUT2D eigenvalue weighted by molar-refractivity contribution is 6.32. The van der Waals surface area contributed by atoms with E-state index in [9.17, 15) is 4.39 Å². The highest BCUT2D eigenvalue weighted by atomic mass is 35.5. The zero-order chi connectivity index (χ0) is 12.1. The van der Waals surface area contributed by atoms with Gasteiger partial charge in [-0.15, -0.1) is 0 Å². The SMILES string of the molecule is Fc1ccc(CNCC2=CCCC=C2Cl)nc1. The lowest BCUT2D eigenvalue weighted by Gasteiger charge is -2.11. The molecule has 4 heteroatoms. The zero-order valence-corrected chi connectivity index (χ0v) is 10.2. The number of aromatic nitrogens is 1. The molecule has 0 atom stereocenters. The van der Waals surface area contributed by atoms with Gasteiger partial charge in [0.25, 0.3) is 0 Å². The molecule has 90 valence electrons. The summed E-state index contributed by atoms with van der Waals surface area (Å²) in [6.45, 7) is 1.33. The maximum absolute atomic E-state index is 12.6. The number of halogens is 2. The molecule has 0 aliphatic heterocycles. The summed E-state index contributed by atoms with van der Waals surface area (Å²) in [5.74, 6) is -0.310. The van der Waals surface area contributed by atoms with E-state index in [0.717, 1.165) is 29.1 Å². The lowest BCUT2D eigenvalue weighted by Crippen LogP contribution is -2.18. The van der Waals surface area contributed by atoms with Crippen LogP contribution in [-0.4, -0.2) is 11.5 Å². The molecular weight excluding hydrogens is 239 g/mol. The van der Waals surface area contributed by atoms with E-state index >= 15 is 0 Å². The molecule has 0 unspecified atom stereocenters. The molecule has 0 radical (unpaired) electrons. The molecule has 0 saturated heterocycles. The number of nitrogens with zero attached hydrogens (tertiary/aromatic N) is 1. The summed E-state index contributed by atoms with van der Waals surface area (Å²) in [6.07, 6.45) is 7.47. The van der Waals surface area contributed by atoms with E-state index in [1.165, 1.54) is 12.3 Å². The number of rotatable bonds is 4. The van der Waals surface area contributed by atoms with Gasteiger partial charge in [0.2, 0.25) is 0 Å². The topological polar surface area (TPSA) is 24.9 Å². The lowest BCUT2D eigenvalue weighted by molar-refractivity contribution is 0.616. The summed E-state index contributed by atoms with van der Waals surface area (Å²) in [4.78, 5) is 3.98. The standard InChI is InChI=1S/C13H14ClFN2/c14-13-4-2-1-3-10(13)7-16-9-12-6-5-11(15)8-17-12/h3-6,8,16H,1-2,7,9H2. The summed E-state index contributed by atoms with van der Waals surface area (Å²) in [6, 6.07) is 3.09. The molecular formula is C13H14ClFN2. The predicted octanol–water partition coefficient (Wildman–Crippen LogP) is 3.15. The fraction of sp³-hybridized carbons (Fsp3) is 0.308. The van der Waals surface area contributed by atoms with Crippen molar-refractivity contribution in [3.8, 4) is 0 Å². The molecule has 0 fully saturated rings. The first-order chi connectivity index (χ1) is 8.25. The molecule has 0 amide bonds. The number of pyridine rings is 1. The first-order valence-corrected chi connectivity index (χ1v) is 6.00. The van der Waals surface area contributed by atoms with Crippen LogP contribution in [0.25, 0.3) is 0 Å². The first kappa shape index (κ1) is 12.3. The third-order valence-corrected chi connectivity index (χ3v) is 2.99. The van der Waals surface area contributed by atoms with Gasteiger partial charge in [-0.1, -0.05) is 23.8 Å². The van der Waals surface area contributed by atoms with Gasteiger partial charge < -0.3 is 5.32 Å². The zero-order valence-electron chi connectivity index (χ0n) is 9.42. The minimum atomic E-state index is -0.310. The van der Waals surface area contributed by atoms with Crippen molar-refractivity contribution in [3.05, 3.63) is 52.6 Å². The van der Waals surface area contributed by atoms with Gasteiger partial charge in [-0.25, -0.2) is 4.39 Å². The van der Waals surface area contributed by atoms with Crippen LogP contribution in [0.1, 0.15) is 18.5 Å². The fourth-order valence-corrected chi connectivity index (χ4v) is 1.94. The van der Waals surface area contributed by atoms with E-state index in [1.54, 1.807) is 6.07 Å². The Morgan fingerprint density at radius 1 is 1.24 bits per heavy atom. The minimum Gasteiger partial charge on any atom is -0.307 e. The Morgan fingerprint density at radius 3 is 2.76 bits per heavy atom. The summed E-state index contributed by atoms with van der Waals surface area (Å²) in [5.41, 5.74) is 1.95. The van der Waals surface area contributed by atoms with Crippen LogP contribution in [0.4, 0.5) is 4.39 Å². The first-order valence-electron chi connectivity index (χ1n) is 5.62. The van der Waals surface area contributed by atoms with Crippen LogP contribution < -0.4 is 5.32 Å². The molecule has 0 aromatic carbocycles. The second kappa shape index (κ2) is 5.94. The number of allylic oxidation sites excluding steroid dienone is 2. The smallest absolute Gasteiger partial charge is 0.141 e. The quantitative estimate of drug-likeness (QED) is 0.891. The molecule has 1 aromatic heterocycles. The van der Waals surface area contributed by atoms with Crippen LogP contribution in [0.5, 0.6) is 0 Å². The number of hydrogen-bond acceptors (Lipinski definition) is 2. The van der Waals surface area contributed by atoms with Gasteiger partial charge in [-0.2, -0.15) is 0 Å². The third kappa shape index (κ3) is 3.65. The highest BCUT2D eigenvalue weighted by Gasteiger charge is 2.05. The van der Waals surface area contributed by atoms with Crippen molar-refractivity contribution >= 4 is 11.6 Å². The van der Waals surface area contributed by atoms with Crippen LogP contribution in [0.15, 0.2) is 41.1 Å². The van der Waals surface area contributed by atoms with Gasteiger partial charge >= 0.3 is 0 Å². The Hall–Kier alpha value is -1.19. The molecule has 0 bridgehead atoms. The van der Waals surface area contributed by atoms with Gasteiger partial charge in [0, 0.05) is 18.1 Å². The lowest BCUT2D eigenvalue weighted by atomic mass is 10.1. The van der Waals surface area contributed by atoms with Crippen molar-refractivity contribution in [1.82, 2.24) is 10.3 Å². The average molecular weight is 253 g/mol. The fourth-order valence-electron chi connectivity index (χ4n) is 1.69. The monoisotopic (exact) mass is 252 g/mol. The van der Waals surface area contributed by atoms with Crippen LogP contribution in [0.3, 0.4) is 0 Å². The van der Waals surface area contributed by atoms with Crippen molar-refractivity contribution in [3.63, 3.8) is 0 Å². The molecule has 2 nitrogen and oxygen atoms in total. The maximum atomic E-state index is 12.6. The summed E-state index contributed by atoms with van der Waals surface area (Å²) in [7, 11) is 0. The Kier molecular flexibility index (Phi) is 4.29. The Morgan fingerprint density at radius 2 is 2.06 bits per heavy atom. The maximum Gasteiger partial charge on any atom is 0.141 e. The van der Waals surface area contributed by atoms with Crippen LogP contribution in [0, 0.1) is 5.82 Å². The largest absolute Gasteiger partial charge is 0.307 e. The Bertz CT molecular complexity index is 437. The molecule has 1 aromatic rings. The van der Waals surface area contributed by atoms with Gasteiger partial charge in [-0.05, 0) is 30.5 Å². The summed E-state index contributed by atoms with van der Waals surface area (Å²) < 4.78 is 12.6. The molecule has 17 heavy (non-hydrogen) atoms. The summed E-state index contributed by atoms with van der Waals surface area (Å²) in [5, 5.41) is 4.07. The molecule has 2 rings (SSSR count). The Balaban J connectivity index is 1.82. The van der Waals surface area contributed by atoms with Crippen molar-refractivity contribution < 1.29 is 4.39 Å². The van der Waals surface area contributed by atoms with Gasteiger partial charge in [0.1, 0.15) is 5.82 Å². The van der Waals surface area contributed by atoms with Gasteiger partial charge in [-0.3, -0.25) is 4.98 Å². The van der Waals surface area contributed by atoms with Crippen molar-refractivity contribution in [2.45, 2.75) is 19.4 Å². The average Bonchev–Trinajstić information content (AvgIpc) is 2.34. The minimum absolute atomic E-state index is 0.310. The van der Waals surface area contributed by atoms with Crippen LogP contribution in [-0.2, 0) is 6.54 Å². The van der Waals surface area contributed by atoms with Crippen molar-refractivity contribution in [1.29, 1.82) is 0 Å². The van der Waals surface area contributed by atoms with E-state index in [4.69, 9.17) is 11.6 Å². The summed E-state index contributed by atoms with van der Waals surface area (Å²) >= 11 is 6.07. The molecule has 0 spiro atoms. The molecule has 1 aliphatic carbocycles. The van der Waals surface area contributed by atoms with Gasteiger partial charge in [0.15, 0.2) is 0 Å². The Labute approximate surface area is 105 Å². The highest BCUT2D eigenvalue weighted by Crippen LogP contribution is 2.21. The third-order valence-electron chi connectivity index (χ3n) is 2.60. The molecule has 1 N–H and O–H groups in total. The van der Waals surface area contributed by atoms with E-state index < -0.39 is 0 Å². The van der Waals surface area contributed by atoms with E-state index in [2.05, 4.69) is 16.4 Å². The van der Waals surface area contributed by atoms with E-state index in [1.807, 2.05) is 6.08 Å². The molecule has 0 saturated carbocycles. The second-order valence-electron chi connectivity index (χ2n) is 3.93. The van der Waals surface area contributed by atoms with E-state index in [-0.39, 0.29) is 5.82 Å². The van der Waals surface area contributed by atoms with Crippen LogP contribution >= 0.6 is 11.6 Å². The van der Waals surface area contributed by atoms with Crippen molar-refractivity contribution in [2.75, 3.05) is 6.54 Å². The van der Waals surface area contributed by atoms with Crippen LogP contribution in [0.2, 0.25) is 0 Å². The predicted molar refractivity (Wildman–Crippen MR) is 67.2 cm³/mol. The molecule has 1 aliphatic rings. The number of hydrogen-bond donors (Lipinski definition) is 1.